The molecule has 1 aliphatic heterocycles. The van der Waals surface area contributed by atoms with E-state index in [4.69, 9.17) is 11.6 Å². The quantitative estimate of drug-likeness (QED) is 0.497. The Morgan fingerprint density at radius 2 is 1.72 bits per heavy atom. The van der Waals surface area contributed by atoms with E-state index in [9.17, 15) is 9.59 Å². The van der Waals surface area contributed by atoms with E-state index in [1.165, 1.54) is 0 Å². The lowest BCUT2D eigenvalue weighted by molar-refractivity contribution is -0.126. The van der Waals surface area contributed by atoms with Crippen LogP contribution in [-0.4, -0.2) is 32.7 Å². The number of carbonyl (C=O) groups is 2. The molecule has 0 radical (unpaired) electrons. The molecule has 5 rings (SSSR count). The van der Waals surface area contributed by atoms with Crippen molar-refractivity contribution in [3.8, 4) is 0 Å². The molecular weight excluding hydrogens is 424 g/mol. The topological polar surface area (TPSA) is 78.1 Å². The number of benzene rings is 3. The second-order valence-electron chi connectivity index (χ2n) is 7.82. The SMILES string of the molecule is O=C(NCc1nc2ccccc2[nH]1)C1Cc2ccccc2CN1C(=O)c1ccccc1Cl. The molecule has 0 saturated carbocycles. The van der Waals surface area contributed by atoms with Crippen molar-refractivity contribution in [3.05, 3.63) is 100 Å². The second-order valence-corrected chi connectivity index (χ2v) is 8.23. The zero-order valence-electron chi connectivity index (χ0n) is 17.2. The molecule has 2 amide bonds. The molecule has 6 nitrogen and oxygen atoms in total. The fraction of sp³-hybridized carbons (Fsp3) is 0.160. The third kappa shape index (κ3) is 3.85. The smallest absolute Gasteiger partial charge is 0.256 e. The van der Waals surface area contributed by atoms with Crippen LogP contribution >= 0.6 is 11.6 Å². The van der Waals surface area contributed by atoms with Crippen molar-refractivity contribution in [2.45, 2.75) is 25.6 Å². The van der Waals surface area contributed by atoms with E-state index in [0.717, 1.165) is 22.2 Å². The van der Waals surface area contributed by atoms with Gasteiger partial charge in [-0.05, 0) is 35.4 Å². The average Bonchev–Trinajstić information content (AvgIpc) is 3.24. The molecule has 4 aromatic rings. The van der Waals surface area contributed by atoms with E-state index in [2.05, 4.69) is 15.3 Å². The summed E-state index contributed by atoms with van der Waals surface area (Å²) in [6, 6.07) is 21.9. The highest BCUT2D eigenvalue weighted by Crippen LogP contribution is 2.27. The number of aromatic amines is 1. The summed E-state index contributed by atoms with van der Waals surface area (Å²) in [5.74, 6) is 0.189. The molecule has 3 aromatic carbocycles. The molecular formula is C25H21ClN4O2. The number of rotatable bonds is 4. The van der Waals surface area contributed by atoms with Crippen LogP contribution in [-0.2, 0) is 24.3 Å². The van der Waals surface area contributed by atoms with E-state index in [1.54, 1.807) is 29.2 Å². The number of hydrogen-bond donors (Lipinski definition) is 2. The van der Waals surface area contributed by atoms with E-state index < -0.39 is 6.04 Å². The van der Waals surface area contributed by atoms with Gasteiger partial charge >= 0.3 is 0 Å². The van der Waals surface area contributed by atoms with Crippen LogP contribution in [0.1, 0.15) is 27.3 Å². The largest absolute Gasteiger partial charge is 0.347 e. The first kappa shape index (κ1) is 20.3. The third-order valence-corrected chi connectivity index (χ3v) is 6.11. The van der Waals surface area contributed by atoms with Gasteiger partial charge in [0, 0.05) is 13.0 Å². The summed E-state index contributed by atoms with van der Waals surface area (Å²) in [4.78, 5) is 36.0. The number of nitrogens with zero attached hydrogens (tertiary/aromatic N) is 2. The van der Waals surface area contributed by atoms with Crippen molar-refractivity contribution in [1.82, 2.24) is 20.2 Å². The van der Waals surface area contributed by atoms with Gasteiger partial charge in [0.1, 0.15) is 11.9 Å². The van der Waals surface area contributed by atoms with Crippen molar-refractivity contribution < 1.29 is 9.59 Å². The molecule has 1 atom stereocenters. The lowest BCUT2D eigenvalue weighted by atomic mass is 9.92. The van der Waals surface area contributed by atoms with E-state index in [1.807, 2.05) is 48.5 Å². The number of aromatic nitrogens is 2. The van der Waals surface area contributed by atoms with Crippen molar-refractivity contribution in [2.24, 2.45) is 0 Å². The fourth-order valence-corrected chi connectivity index (χ4v) is 4.35. The number of amides is 2. The van der Waals surface area contributed by atoms with Gasteiger partial charge in [-0.25, -0.2) is 4.98 Å². The Labute approximate surface area is 190 Å². The van der Waals surface area contributed by atoms with Crippen LogP contribution in [0.15, 0.2) is 72.8 Å². The summed E-state index contributed by atoms with van der Waals surface area (Å²) in [6.45, 7) is 0.600. The lowest BCUT2D eigenvalue weighted by Crippen LogP contribution is -2.52. The average molecular weight is 445 g/mol. The number of fused-ring (bicyclic) bond motifs is 2. The second kappa shape index (κ2) is 8.48. The molecule has 0 spiro atoms. The molecule has 2 heterocycles. The third-order valence-electron chi connectivity index (χ3n) is 5.78. The number of hydrogen-bond acceptors (Lipinski definition) is 3. The predicted molar refractivity (Wildman–Crippen MR) is 123 cm³/mol. The minimum Gasteiger partial charge on any atom is -0.347 e. The van der Waals surface area contributed by atoms with Crippen LogP contribution < -0.4 is 5.32 Å². The van der Waals surface area contributed by atoms with Crippen LogP contribution in [0.4, 0.5) is 0 Å². The highest BCUT2D eigenvalue weighted by Gasteiger charge is 2.35. The van der Waals surface area contributed by atoms with Gasteiger partial charge in [-0.2, -0.15) is 0 Å². The minimum absolute atomic E-state index is 0.222. The summed E-state index contributed by atoms with van der Waals surface area (Å²) in [5, 5.41) is 3.32. The molecule has 1 unspecified atom stereocenters. The molecule has 0 aliphatic carbocycles. The maximum atomic E-state index is 13.4. The van der Waals surface area contributed by atoms with Crippen LogP contribution in [0.2, 0.25) is 5.02 Å². The monoisotopic (exact) mass is 444 g/mol. The first-order chi connectivity index (χ1) is 15.6. The van der Waals surface area contributed by atoms with Crippen LogP contribution in [0.25, 0.3) is 11.0 Å². The first-order valence-electron chi connectivity index (χ1n) is 10.4. The summed E-state index contributed by atoms with van der Waals surface area (Å²) in [5.41, 5.74) is 4.26. The number of halogens is 1. The number of carbonyl (C=O) groups excluding carboxylic acids is 2. The van der Waals surface area contributed by atoms with Crippen molar-refractivity contribution in [3.63, 3.8) is 0 Å². The zero-order chi connectivity index (χ0) is 22.1. The molecule has 160 valence electrons. The maximum absolute atomic E-state index is 13.4. The number of imidazole rings is 1. The van der Waals surface area contributed by atoms with Crippen LogP contribution in [0.3, 0.4) is 0 Å². The van der Waals surface area contributed by atoms with Crippen LogP contribution in [0, 0.1) is 0 Å². The molecule has 1 aliphatic rings. The Kier molecular flexibility index (Phi) is 5.37. The van der Waals surface area contributed by atoms with Crippen molar-refractivity contribution >= 4 is 34.4 Å². The molecule has 2 N–H and O–H groups in total. The van der Waals surface area contributed by atoms with Gasteiger partial charge in [-0.3, -0.25) is 9.59 Å². The van der Waals surface area contributed by atoms with Crippen molar-refractivity contribution in [1.29, 1.82) is 0 Å². The fourth-order valence-electron chi connectivity index (χ4n) is 4.14. The molecule has 32 heavy (non-hydrogen) atoms. The predicted octanol–water partition coefficient (Wildman–Crippen LogP) is 4.10. The summed E-state index contributed by atoms with van der Waals surface area (Å²) >= 11 is 6.29. The van der Waals surface area contributed by atoms with Gasteiger partial charge in [-0.15, -0.1) is 0 Å². The van der Waals surface area contributed by atoms with E-state index >= 15 is 0 Å². The zero-order valence-corrected chi connectivity index (χ0v) is 18.0. The van der Waals surface area contributed by atoms with E-state index in [-0.39, 0.29) is 18.4 Å². The Hall–Kier alpha value is -3.64. The molecule has 0 fully saturated rings. The highest BCUT2D eigenvalue weighted by molar-refractivity contribution is 6.33. The Morgan fingerprint density at radius 1 is 1.00 bits per heavy atom. The van der Waals surface area contributed by atoms with Gasteiger partial charge < -0.3 is 15.2 Å². The number of para-hydroxylation sites is 2. The Morgan fingerprint density at radius 3 is 2.53 bits per heavy atom. The van der Waals surface area contributed by atoms with Crippen LogP contribution in [0.5, 0.6) is 0 Å². The minimum atomic E-state index is -0.641. The molecule has 1 aromatic heterocycles. The highest BCUT2D eigenvalue weighted by atomic mass is 35.5. The maximum Gasteiger partial charge on any atom is 0.256 e. The van der Waals surface area contributed by atoms with Gasteiger partial charge in [0.05, 0.1) is 28.2 Å². The summed E-state index contributed by atoms with van der Waals surface area (Å²) in [7, 11) is 0. The standard InChI is InChI=1S/C25H21ClN4O2/c26-19-10-4-3-9-18(19)25(32)30-15-17-8-2-1-7-16(17)13-22(30)24(31)27-14-23-28-20-11-5-6-12-21(20)29-23/h1-12,22H,13-15H2,(H,27,31)(H,28,29). The Balaban J connectivity index is 1.40. The van der Waals surface area contributed by atoms with Gasteiger partial charge in [-0.1, -0.05) is 60.1 Å². The molecule has 0 bridgehead atoms. The van der Waals surface area contributed by atoms with Gasteiger partial charge in [0.25, 0.3) is 5.91 Å². The number of nitrogens with one attached hydrogen (secondary N) is 2. The normalized spacial score (nSPS) is 15.4. The summed E-state index contributed by atoms with van der Waals surface area (Å²) in [6.07, 6.45) is 0.443. The van der Waals surface area contributed by atoms with Crippen molar-refractivity contribution in [2.75, 3.05) is 0 Å². The molecule has 0 saturated heterocycles. The molecule has 7 heteroatoms. The Bertz CT molecular complexity index is 1280. The van der Waals surface area contributed by atoms with Gasteiger partial charge in [0.15, 0.2) is 0 Å². The lowest BCUT2D eigenvalue weighted by Gasteiger charge is -2.36. The summed E-state index contributed by atoms with van der Waals surface area (Å²) < 4.78 is 0. The van der Waals surface area contributed by atoms with E-state index in [0.29, 0.717) is 29.4 Å². The first-order valence-corrected chi connectivity index (χ1v) is 10.8. The van der Waals surface area contributed by atoms with Gasteiger partial charge in [0.2, 0.25) is 5.91 Å². The number of H-pyrrole nitrogens is 1.